The number of aryl methyl sites for hydroxylation is 1. The molecule has 1 unspecified atom stereocenters. The Labute approximate surface area is 125 Å². The first kappa shape index (κ1) is 14.3. The maximum atomic E-state index is 3.78. The molecule has 0 amide bonds. The molecule has 0 spiro atoms. The fourth-order valence-corrected chi connectivity index (χ4v) is 2.93. The summed E-state index contributed by atoms with van der Waals surface area (Å²) in [4.78, 5) is 0.505. The number of unbranched alkanes of at least 4 members (excludes halogenated alkanes) is 2. The van der Waals surface area contributed by atoms with Crippen molar-refractivity contribution in [3.05, 3.63) is 71.8 Å². The predicted molar refractivity (Wildman–Crippen MR) is 86.7 cm³/mol. The number of halogens is 1. The molecule has 2 aromatic carbocycles. The Morgan fingerprint density at radius 1 is 0.737 bits per heavy atom. The Balaban J connectivity index is 1.62. The van der Waals surface area contributed by atoms with Gasteiger partial charge in [-0.2, -0.15) is 0 Å². The lowest BCUT2D eigenvalue weighted by Crippen LogP contribution is -1.91. The molecule has 0 radical (unpaired) electrons. The summed E-state index contributed by atoms with van der Waals surface area (Å²) in [7, 11) is 0. The molecule has 0 fully saturated rings. The standard InChI is InChI=1S/C18H21Br/c19-18(17-13-7-3-8-14-17)15-9-2-6-12-16-10-4-1-5-11-16/h1,3-5,7-8,10-11,13-14,18H,2,6,9,12,15H2. The SMILES string of the molecule is BrC(CCCCCc1ccccc1)c1ccccc1. The summed E-state index contributed by atoms with van der Waals surface area (Å²) in [5.74, 6) is 0. The molecule has 0 aliphatic rings. The molecule has 0 N–H and O–H groups in total. The first-order valence-corrected chi connectivity index (χ1v) is 8.01. The highest BCUT2D eigenvalue weighted by atomic mass is 79.9. The van der Waals surface area contributed by atoms with Gasteiger partial charge in [0.25, 0.3) is 0 Å². The van der Waals surface area contributed by atoms with Crippen molar-refractivity contribution in [3.63, 3.8) is 0 Å². The molecule has 19 heavy (non-hydrogen) atoms. The van der Waals surface area contributed by atoms with Crippen molar-refractivity contribution in [1.29, 1.82) is 0 Å². The van der Waals surface area contributed by atoms with Gasteiger partial charge >= 0.3 is 0 Å². The second-order valence-corrected chi connectivity index (χ2v) is 6.07. The monoisotopic (exact) mass is 316 g/mol. The molecule has 0 heterocycles. The van der Waals surface area contributed by atoms with Crippen LogP contribution in [0.2, 0.25) is 0 Å². The van der Waals surface area contributed by atoms with Gasteiger partial charge in [-0.05, 0) is 30.4 Å². The van der Waals surface area contributed by atoms with Gasteiger partial charge in [0.2, 0.25) is 0 Å². The van der Waals surface area contributed by atoms with E-state index in [2.05, 4.69) is 76.6 Å². The third-order valence-corrected chi connectivity index (χ3v) is 4.41. The molecule has 2 aromatic rings. The molecule has 0 aliphatic heterocycles. The van der Waals surface area contributed by atoms with Gasteiger partial charge in [0, 0.05) is 4.83 Å². The molecule has 2 rings (SSSR count). The molecule has 100 valence electrons. The quantitative estimate of drug-likeness (QED) is 0.439. The van der Waals surface area contributed by atoms with Gasteiger partial charge in [0.05, 0.1) is 0 Å². The maximum absolute atomic E-state index is 3.78. The second kappa shape index (κ2) is 8.16. The third-order valence-electron chi connectivity index (χ3n) is 3.43. The summed E-state index contributed by atoms with van der Waals surface area (Å²) >= 11 is 3.78. The van der Waals surface area contributed by atoms with Gasteiger partial charge in [-0.25, -0.2) is 0 Å². The van der Waals surface area contributed by atoms with Gasteiger partial charge in [-0.15, -0.1) is 0 Å². The summed E-state index contributed by atoms with van der Waals surface area (Å²) in [5, 5.41) is 0. The van der Waals surface area contributed by atoms with E-state index in [1.165, 1.54) is 43.2 Å². The molecular weight excluding hydrogens is 296 g/mol. The summed E-state index contributed by atoms with van der Waals surface area (Å²) < 4.78 is 0. The summed E-state index contributed by atoms with van der Waals surface area (Å²) in [6, 6.07) is 21.5. The van der Waals surface area contributed by atoms with Gasteiger partial charge in [-0.1, -0.05) is 89.4 Å². The predicted octanol–water partition coefficient (Wildman–Crippen LogP) is 5.93. The van der Waals surface area contributed by atoms with Crippen molar-refractivity contribution < 1.29 is 0 Å². The van der Waals surface area contributed by atoms with Crippen molar-refractivity contribution in [2.75, 3.05) is 0 Å². The van der Waals surface area contributed by atoms with Gasteiger partial charge in [0.1, 0.15) is 0 Å². The van der Waals surface area contributed by atoms with Crippen LogP contribution in [0.3, 0.4) is 0 Å². The van der Waals surface area contributed by atoms with Crippen molar-refractivity contribution in [2.45, 2.75) is 36.9 Å². The van der Waals surface area contributed by atoms with Gasteiger partial charge in [-0.3, -0.25) is 0 Å². The minimum atomic E-state index is 0.505. The van der Waals surface area contributed by atoms with E-state index in [-0.39, 0.29) is 0 Å². The fourth-order valence-electron chi connectivity index (χ4n) is 2.30. The summed E-state index contributed by atoms with van der Waals surface area (Å²) in [6.07, 6.45) is 6.32. The smallest absolute Gasteiger partial charge is 0.0395 e. The topological polar surface area (TPSA) is 0 Å². The molecule has 0 bridgehead atoms. The van der Waals surface area contributed by atoms with E-state index in [0.29, 0.717) is 4.83 Å². The Kier molecular flexibility index (Phi) is 6.16. The molecule has 0 aromatic heterocycles. The van der Waals surface area contributed by atoms with Gasteiger partial charge < -0.3 is 0 Å². The molecule has 0 aliphatic carbocycles. The molecule has 0 saturated carbocycles. The first-order valence-electron chi connectivity index (χ1n) is 7.09. The highest BCUT2D eigenvalue weighted by molar-refractivity contribution is 9.09. The number of alkyl halides is 1. The lowest BCUT2D eigenvalue weighted by Gasteiger charge is -2.09. The summed E-state index contributed by atoms with van der Waals surface area (Å²) in [6.45, 7) is 0. The number of rotatable bonds is 7. The minimum Gasteiger partial charge on any atom is -0.0839 e. The summed E-state index contributed by atoms with van der Waals surface area (Å²) in [5.41, 5.74) is 2.85. The van der Waals surface area contributed by atoms with Crippen molar-refractivity contribution >= 4 is 15.9 Å². The van der Waals surface area contributed by atoms with E-state index >= 15 is 0 Å². The number of hydrogen-bond donors (Lipinski definition) is 0. The largest absolute Gasteiger partial charge is 0.0839 e. The number of hydrogen-bond acceptors (Lipinski definition) is 0. The molecule has 0 saturated heterocycles. The van der Waals surface area contributed by atoms with Crippen molar-refractivity contribution in [2.24, 2.45) is 0 Å². The highest BCUT2D eigenvalue weighted by Crippen LogP contribution is 2.28. The van der Waals surface area contributed by atoms with Crippen LogP contribution in [0.4, 0.5) is 0 Å². The van der Waals surface area contributed by atoms with E-state index < -0.39 is 0 Å². The van der Waals surface area contributed by atoms with Crippen LogP contribution in [-0.2, 0) is 6.42 Å². The van der Waals surface area contributed by atoms with E-state index in [1.807, 2.05) is 0 Å². The average Bonchev–Trinajstić information content (AvgIpc) is 2.49. The molecule has 1 atom stereocenters. The number of benzene rings is 2. The lowest BCUT2D eigenvalue weighted by atomic mass is 10.0. The third kappa shape index (κ3) is 5.20. The average molecular weight is 317 g/mol. The normalized spacial score (nSPS) is 12.3. The van der Waals surface area contributed by atoms with Crippen molar-refractivity contribution in [3.8, 4) is 0 Å². The van der Waals surface area contributed by atoms with Crippen molar-refractivity contribution in [1.82, 2.24) is 0 Å². The fraction of sp³-hybridized carbons (Fsp3) is 0.333. The highest BCUT2D eigenvalue weighted by Gasteiger charge is 2.05. The molecule has 0 nitrogen and oxygen atoms in total. The first-order chi connectivity index (χ1) is 9.36. The second-order valence-electron chi connectivity index (χ2n) is 4.96. The maximum Gasteiger partial charge on any atom is 0.0395 e. The zero-order valence-corrected chi connectivity index (χ0v) is 12.9. The molecular formula is C18H21Br. The van der Waals surface area contributed by atoms with Crippen LogP contribution >= 0.6 is 15.9 Å². The van der Waals surface area contributed by atoms with E-state index in [9.17, 15) is 0 Å². The Morgan fingerprint density at radius 2 is 1.37 bits per heavy atom. The van der Waals surface area contributed by atoms with Crippen LogP contribution in [0.25, 0.3) is 0 Å². The van der Waals surface area contributed by atoms with Crippen LogP contribution in [0.15, 0.2) is 60.7 Å². The van der Waals surface area contributed by atoms with E-state index in [0.717, 1.165) is 0 Å². The van der Waals surface area contributed by atoms with E-state index in [4.69, 9.17) is 0 Å². The van der Waals surface area contributed by atoms with Gasteiger partial charge in [0.15, 0.2) is 0 Å². The van der Waals surface area contributed by atoms with E-state index in [1.54, 1.807) is 0 Å². The van der Waals surface area contributed by atoms with Crippen LogP contribution in [0, 0.1) is 0 Å². The lowest BCUT2D eigenvalue weighted by molar-refractivity contribution is 0.638. The van der Waals surface area contributed by atoms with Crippen LogP contribution in [0.5, 0.6) is 0 Å². The Morgan fingerprint density at radius 3 is 2.05 bits per heavy atom. The Bertz CT molecular complexity index is 450. The zero-order chi connectivity index (χ0) is 13.3. The minimum absolute atomic E-state index is 0.505. The van der Waals surface area contributed by atoms with Crippen LogP contribution in [0.1, 0.15) is 41.6 Å². The van der Waals surface area contributed by atoms with Crippen LogP contribution in [-0.4, -0.2) is 0 Å². The Hall–Kier alpha value is -1.08. The zero-order valence-electron chi connectivity index (χ0n) is 11.3. The molecule has 1 heteroatoms. The van der Waals surface area contributed by atoms with Crippen LogP contribution < -0.4 is 0 Å².